The Kier molecular flexibility index (Phi) is 6.49. The summed E-state index contributed by atoms with van der Waals surface area (Å²) >= 11 is 7.63. The van der Waals surface area contributed by atoms with E-state index in [0.29, 0.717) is 27.0 Å². The van der Waals surface area contributed by atoms with Crippen LogP contribution in [0.25, 0.3) is 10.1 Å². The number of methoxy groups -OCH3 is 1. The molecule has 1 heterocycles. The first-order valence-corrected chi connectivity index (χ1v) is 10.7. The van der Waals surface area contributed by atoms with Gasteiger partial charge in [-0.05, 0) is 60.2 Å². The highest BCUT2D eigenvalue weighted by molar-refractivity contribution is 7.21. The van der Waals surface area contributed by atoms with Crippen molar-refractivity contribution in [1.82, 2.24) is 5.43 Å². The number of hydrogen-bond acceptors (Lipinski definition) is 6. The van der Waals surface area contributed by atoms with Crippen LogP contribution in [0.3, 0.4) is 0 Å². The third-order valence-electron chi connectivity index (χ3n) is 4.52. The van der Waals surface area contributed by atoms with Crippen molar-refractivity contribution in [2.45, 2.75) is 0 Å². The Morgan fingerprint density at radius 2 is 1.72 bits per heavy atom. The third kappa shape index (κ3) is 4.80. The van der Waals surface area contributed by atoms with Gasteiger partial charge in [-0.2, -0.15) is 5.10 Å². The molecule has 4 aromatic rings. The van der Waals surface area contributed by atoms with E-state index in [-0.39, 0.29) is 0 Å². The van der Waals surface area contributed by atoms with Crippen LogP contribution in [0.5, 0.6) is 11.5 Å². The van der Waals surface area contributed by atoms with Gasteiger partial charge in [-0.1, -0.05) is 29.8 Å². The molecule has 1 N–H and O–H groups in total. The second kappa shape index (κ2) is 9.64. The molecule has 3 aromatic carbocycles. The summed E-state index contributed by atoms with van der Waals surface area (Å²) in [5.41, 5.74) is 3.68. The number of rotatable bonds is 6. The molecular weight excluding hydrogens is 448 g/mol. The second-order valence-electron chi connectivity index (χ2n) is 6.63. The topological polar surface area (TPSA) is 77.0 Å². The van der Waals surface area contributed by atoms with Gasteiger partial charge >= 0.3 is 5.97 Å². The molecule has 4 rings (SSSR count). The first-order chi connectivity index (χ1) is 15.5. The van der Waals surface area contributed by atoms with Crippen LogP contribution in [-0.4, -0.2) is 25.2 Å². The molecule has 0 unspecified atom stereocenters. The predicted molar refractivity (Wildman–Crippen MR) is 126 cm³/mol. The van der Waals surface area contributed by atoms with E-state index < -0.39 is 11.9 Å². The summed E-state index contributed by atoms with van der Waals surface area (Å²) in [7, 11) is 1.58. The molecule has 32 heavy (non-hydrogen) atoms. The summed E-state index contributed by atoms with van der Waals surface area (Å²) in [5, 5.41) is 5.16. The largest absolute Gasteiger partial charge is 0.497 e. The maximum Gasteiger partial charge on any atom is 0.343 e. The Labute approximate surface area is 193 Å². The van der Waals surface area contributed by atoms with Crippen molar-refractivity contribution in [1.29, 1.82) is 0 Å². The molecular formula is C24H17ClN2O4S. The molecule has 6 nitrogen and oxygen atoms in total. The zero-order valence-electron chi connectivity index (χ0n) is 16.9. The molecule has 8 heteroatoms. The monoisotopic (exact) mass is 464 g/mol. The number of esters is 1. The molecule has 0 saturated carbocycles. The van der Waals surface area contributed by atoms with E-state index in [1.165, 1.54) is 17.6 Å². The smallest absolute Gasteiger partial charge is 0.343 e. The number of hydrogen-bond donors (Lipinski definition) is 1. The molecule has 0 saturated heterocycles. The average molecular weight is 465 g/mol. The van der Waals surface area contributed by atoms with E-state index in [1.807, 2.05) is 18.2 Å². The maximum atomic E-state index is 12.5. The number of hydrazone groups is 1. The molecule has 0 spiro atoms. The van der Waals surface area contributed by atoms with E-state index in [0.717, 1.165) is 15.6 Å². The highest BCUT2D eigenvalue weighted by Gasteiger charge is 2.17. The van der Waals surface area contributed by atoms with E-state index in [1.54, 1.807) is 61.7 Å². The highest BCUT2D eigenvalue weighted by Crippen LogP contribution is 2.37. The lowest BCUT2D eigenvalue weighted by molar-refractivity contribution is 0.0734. The zero-order valence-corrected chi connectivity index (χ0v) is 18.4. The van der Waals surface area contributed by atoms with E-state index in [2.05, 4.69) is 10.5 Å². The molecule has 0 radical (unpaired) electrons. The number of fused-ring (bicyclic) bond motifs is 1. The van der Waals surface area contributed by atoms with Gasteiger partial charge in [0, 0.05) is 10.1 Å². The minimum absolute atomic E-state index is 0.371. The van der Waals surface area contributed by atoms with Crippen molar-refractivity contribution in [3.05, 3.63) is 93.8 Å². The normalized spacial score (nSPS) is 10.9. The van der Waals surface area contributed by atoms with Crippen LogP contribution in [0.2, 0.25) is 5.02 Å². The van der Waals surface area contributed by atoms with E-state index >= 15 is 0 Å². The summed E-state index contributed by atoms with van der Waals surface area (Å²) in [6, 6.07) is 20.9. The number of amides is 1. The molecule has 1 aromatic heterocycles. The Balaban J connectivity index is 1.38. The number of benzene rings is 3. The van der Waals surface area contributed by atoms with Crippen molar-refractivity contribution >= 4 is 51.1 Å². The number of carbonyl (C=O) groups is 2. The number of carbonyl (C=O) groups excluding carboxylic acids is 2. The Morgan fingerprint density at radius 1 is 1.00 bits per heavy atom. The molecule has 1 amide bonds. The van der Waals surface area contributed by atoms with Gasteiger partial charge in [0.05, 0.1) is 23.9 Å². The molecule has 0 aliphatic rings. The Hall–Kier alpha value is -3.68. The van der Waals surface area contributed by atoms with Crippen LogP contribution < -0.4 is 14.9 Å². The summed E-state index contributed by atoms with van der Waals surface area (Å²) < 4.78 is 11.4. The van der Waals surface area contributed by atoms with Gasteiger partial charge in [-0.3, -0.25) is 4.79 Å². The van der Waals surface area contributed by atoms with Crippen LogP contribution in [0.4, 0.5) is 0 Å². The van der Waals surface area contributed by atoms with Gasteiger partial charge in [0.2, 0.25) is 0 Å². The first kappa shape index (κ1) is 21.5. The lowest BCUT2D eigenvalue weighted by atomic mass is 10.2. The molecule has 160 valence electrons. The predicted octanol–water partition coefficient (Wildman–Crippen LogP) is 5.55. The number of nitrogens with one attached hydrogen (secondary N) is 1. The number of halogens is 1. The van der Waals surface area contributed by atoms with Crippen molar-refractivity contribution in [2.75, 3.05) is 7.11 Å². The van der Waals surface area contributed by atoms with Crippen LogP contribution >= 0.6 is 22.9 Å². The molecule has 0 bridgehead atoms. The number of thiophene rings is 1. The van der Waals surface area contributed by atoms with Crippen molar-refractivity contribution in [3.63, 3.8) is 0 Å². The summed E-state index contributed by atoms with van der Waals surface area (Å²) in [6.07, 6.45) is 1.49. The van der Waals surface area contributed by atoms with Crippen LogP contribution in [0, 0.1) is 0 Å². The average Bonchev–Trinajstić information content (AvgIpc) is 3.16. The Morgan fingerprint density at radius 3 is 2.44 bits per heavy atom. The van der Waals surface area contributed by atoms with Crippen LogP contribution in [0.1, 0.15) is 25.6 Å². The third-order valence-corrected chi connectivity index (χ3v) is 6.18. The SMILES string of the molecule is COc1ccc2c(Cl)c(C(=O)NN=Cc3ccc(OC(=O)c4ccccc4)cc3)sc2c1. The lowest BCUT2D eigenvalue weighted by Gasteiger charge is -2.04. The van der Waals surface area contributed by atoms with Gasteiger partial charge in [0.25, 0.3) is 5.91 Å². The number of nitrogens with zero attached hydrogens (tertiary/aromatic N) is 1. The zero-order chi connectivity index (χ0) is 22.5. The lowest BCUT2D eigenvalue weighted by Crippen LogP contribution is -2.16. The fourth-order valence-electron chi connectivity index (χ4n) is 2.90. The van der Waals surface area contributed by atoms with Crippen LogP contribution in [-0.2, 0) is 0 Å². The standard InChI is InChI=1S/C24H17ClN2O4S/c1-30-18-11-12-19-20(13-18)32-22(21(19)25)23(28)27-26-14-15-7-9-17(10-8-15)31-24(29)16-5-3-2-4-6-16/h2-14H,1H3,(H,27,28). The van der Waals surface area contributed by atoms with Gasteiger partial charge in [0.1, 0.15) is 16.4 Å². The minimum Gasteiger partial charge on any atom is -0.497 e. The van der Waals surface area contributed by atoms with Gasteiger partial charge in [0.15, 0.2) is 0 Å². The maximum absolute atomic E-state index is 12.5. The van der Waals surface area contributed by atoms with Gasteiger partial charge < -0.3 is 9.47 Å². The molecule has 0 aliphatic heterocycles. The first-order valence-electron chi connectivity index (χ1n) is 9.52. The molecule has 0 atom stereocenters. The van der Waals surface area contributed by atoms with E-state index in [9.17, 15) is 9.59 Å². The van der Waals surface area contributed by atoms with Gasteiger partial charge in [-0.15, -0.1) is 11.3 Å². The second-order valence-corrected chi connectivity index (χ2v) is 8.06. The number of ether oxygens (including phenoxy) is 2. The summed E-state index contributed by atoms with van der Waals surface area (Å²) in [4.78, 5) is 25.0. The molecule has 0 aliphatic carbocycles. The Bertz CT molecular complexity index is 1300. The fourth-order valence-corrected chi connectivity index (χ4v) is 4.33. The van der Waals surface area contributed by atoms with Crippen molar-refractivity contribution in [2.24, 2.45) is 5.10 Å². The highest BCUT2D eigenvalue weighted by atomic mass is 35.5. The fraction of sp³-hybridized carbons (Fsp3) is 0.0417. The van der Waals surface area contributed by atoms with Gasteiger partial charge in [-0.25, -0.2) is 10.2 Å². The van der Waals surface area contributed by atoms with Crippen molar-refractivity contribution < 1.29 is 19.1 Å². The summed E-state index contributed by atoms with van der Waals surface area (Å²) in [6.45, 7) is 0. The van der Waals surface area contributed by atoms with Crippen LogP contribution in [0.15, 0.2) is 77.9 Å². The minimum atomic E-state index is -0.433. The molecule has 0 fully saturated rings. The quantitative estimate of drug-likeness (QED) is 0.176. The van der Waals surface area contributed by atoms with E-state index in [4.69, 9.17) is 21.1 Å². The van der Waals surface area contributed by atoms with Crippen molar-refractivity contribution in [3.8, 4) is 11.5 Å². The summed E-state index contributed by atoms with van der Waals surface area (Å²) in [5.74, 6) is 0.266.